The molecule has 0 radical (unpaired) electrons. The lowest BCUT2D eigenvalue weighted by atomic mass is 10.0. The Labute approximate surface area is 506 Å². The lowest BCUT2D eigenvalue weighted by molar-refractivity contribution is -0.167. The van der Waals surface area contributed by atoms with E-state index in [0.717, 1.165) is 109 Å². The third kappa shape index (κ3) is 66.4. The highest BCUT2D eigenvalue weighted by atomic mass is 16.6. The zero-order valence-electron chi connectivity index (χ0n) is 53.5. The SMILES string of the molecule is CC/C=C\C/C=C\C/C=C\C/C=C\C/C=C\C/C=C\C/C=C\C/C=C\C/C=C\CCCC(=O)OCC(COC(=O)CCCCCCCCCCCC)OC(=O)CCCCCCCCCCCCCCC/C=C\C/C=C\CCCCCCC. The van der Waals surface area contributed by atoms with Gasteiger partial charge in [0.2, 0.25) is 0 Å². The van der Waals surface area contributed by atoms with Crippen molar-refractivity contribution in [3.63, 3.8) is 0 Å². The summed E-state index contributed by atoms with van der Waals surface area (Å²) >= 11 is 0. The number of allylic oxidation sites excluding steroid dienone is 22. The highest BCUT2D eigenvalue weighted by molar-refractivity contribution is 5.71. The Morgan fingerprint density at radius 1 is 0.256 bits per heavy atom. The smallest absolute Gasteiger partial charge is 0.306 e. The number of esters is 3. The van der Waals surface area contributed by atoms with Gasteiger partial charge in [0.05, 0.1) is 0 Å². The molecule has 1 unspecified atom stereocenters. The third-order valence-corrected chi connectivity index (χ3v) is 14.4. The van der Waals surface area contributed by atoms with Gasteiger partial charge in [0, 0.05) is 19.3 Å². The van der Waals surface area contributed by atoms with Gasteiger partial charge in [-0.1, -0.05) is 309 Å². The van der Waals surface area contributed by atoms with Crippen LogP contribution in [0.4, 0.5) is 0 Å². The van der Waals surface area contributed by atoms with Gasteiger partial charge in [-0.3, -0.25) is 14.4 Å². The van der Waals surface area contributed by atoms with Crippen molar-refractivity contribution in [2.45, 2.75) is 316 Å². The molecule has 0 aromatic heterocycles. The van der Waals surface area contributed by atoms with Crippen LogP contribution in [0.5, 0.6) is 0 Å². The molecule has 0 heterocycles. The minimum absolute atomic E-state index is 0.0968. The van der Waals surface area contributed by atoms with Crippen molar-refractivity contribution in [1.29, 1.82) is 0 Å². The van der Waals surface area contributed by atoms with E-state index in [0.29, 0.717) is 19.3 Å². The fraction of sp³-hybridized carbons (Fsp3) is 0.671. The van der Waals surface area contributed by atoms with E-state index in [4.69, 9.17) is 14.2 Å². The van der Waals surface area contributed by atoms with Gasteiger partial charge in [-0.25, -0.2) is 0 Å². The van der Waals surface area contributed by atoms with Gasteiger partial charge in [-0.15, -0.1) is 0 Å². The fourth-order valence-corrected chi connectivity index (χ4v) is 9.30. The van der Waals surface area contributed by atoms with Gasteiger partial charge in [0.1, 0.15) is 13.2 Å². The van der Waals surface area contributed by atoms with E-state index in [2.05, 4.69) is 154 Å². The van der Waals surface area contributed by atoms with Crippen LogP contribution in [0.1, 0.15) is 310 Å². The monoisotopic (exact) mass is 1130 g/mol. The third-order valence-electron chi connectivity index (χ3n) is 14.4. The average molecular weight is 1140 g/mol. The van der Waals surface area contributed by atoms with Gasteiger partial charge in [0.15, 0.2) is 6.10 Å². The topological polar surface area (TPSA) is 78.9 Å². The van der Waals surface area contributed by atoms with Crippen molar-refractivity contribution in [1.82, 2.24) is 0 Å². The number of carbonyl (C=O) groups is 3. The fourth-order valence-electron chi connectivity index (χ4n) is 9.30. The molecular formula is C76H126O6. The highest BCUT2D eigenvalue weighted by Gasteiger charge is 2.19. The molecule has 0 aliphatic carbocycles. The Balaban J connectivity index is 4.34. The summed E-state index contributed by atoms with van der Waals surface area (Å²) in [5.41, 5.74) is 0. The number of unbranched alkanes of at least 4 members (excludes halogenated alkanes) is 28. The summed E-state index contributed by atoms with van der Waals surface area (Å²) in [6.45, 7) is 6.47. The van der Waals surface area contributed by atoms with Crippen LogP contribution in [0.3, 0.4) is 0 Å². The van der Waals surface area contributed by atoms with Crippen LogP contribution < -0.4 is 0 Å². The molecule has 0 bridgehead atoms. The molecule has 0 N–H and O–H groups in total. The van der Waals surface area contributed by atoms with Crippen molar-refractivity contribution in [2.24, 2.45) is 0 Å². The lowest BCUT2D eigenvalue weighted by Crippen LogP contribution is -2.30. The molecule has 0 aliphatic heterocycles. The molecule has 0 aliphatic rings. The zero-order chi connectivity index (χ0) is 59.2. The van der Waals surface area contributed by atoms with E-state index in [1.807, 2.05) is 0 Å². The first kappa shape index (κ1) is 77.5. The first-order valence-electron chi connectivity index (χ1n) is 34.2. The van der Waals surface area contributed by atoms with Crippen molar-refractivity contribution in [2.75, 3.05) is 13.2 Å². The van der Waals surface area contributed by atoms with Gasteiger partial charge in [-0.2, -0.15) is 0 Å². The molecule has 0 aromatic rings. The second-order valence-corrected chi connectivity index (χ2v) is 22.4. The molecule has 0 rings (SSSR count). The molecule has 0 saturated carbocycles. The van der Waals surface area contributed by atoms with Crippen LogP contribution in [0.15, 0.2) is 134 Å². The van der Waals surface area contributed by atoms with E-state index >= 15 is 0 Å². The molecule has 82 heavy (non-hydrogen) atoms. The largest absolute Gasteiger partial charge is 0.462 e. The predicted molar refractivity (Wildman–Crippen MR) is 357 cm³/mol. The van der Waals surface area contributed by atoms with E-state index in [1.54, 1.807) is 0 Å². The Kier molecular flexibility index (Phi) is 65.3. The zero-order valence-corrected chi connectivity index (χ0v) is 53.5. The molecule has 6 nitrogen and oxygen atoms in total. The lowest BCUT2D eigenvalue weighted by Gasteiger charge is -2.18. The van der Waals surface area contributed by atoms with Gasteiger partial charge in [-0.05, 0) is 116 Å². The maximum absolute atomic E-state index is 12.9. The van der Waals surface area contributed by atoms with Crippen molar-refractivity contribution >= 4 is 17.9 Å². The summed E-state index contributed by atoms with van der Waals surface area (Å²) in [4.78, 5) is 38.3. The summed E-state index contributed by atoms with van der Waals surface area (Å²) in [6.07, 6.45) is 97.7. The van der Waals surface area contributed by atoms with Gasteiger partial charge in [0.25, 0.3) is 0 Å². The van der Waals surface area contributed by atoms with E-state index in [1.165, 1.54) is 154 Å². The average Bonchev–Trinajstić information content (AvgIpc) is 3.48. The number of hydrogen-bond acceptors (Lipinski definition) is 6. The summed E-state index contributed by atoms with van der Waals surface area (Å²) < 4.78 is 16.9. The summed E-state index contributed by atoms with van der Waals surface area (Å²) in [5.74, 6) is -0.956. The first-order valence-corrected chi connectivity index (χ1v) is 34.2. The Morgan fingerprint density at radius 3 is 0.793 bits per heavy atom. The highest BCUT2D eigenvalue weighted by Crippen LogP contribution is 2.16. The maximum Gasteiger partial charge on any atom is 0.306 e. The minimum Gasteiger partial charge on any atom is -0.462 e. The molecular weight excluding hydrogens is 1010 g/mol. The van der Waals surface area contributed by atoms with Gasteiger partial charge >= 0.3 is 17.9 Å². The van der Waals surface area contributed by atoms with Crippen LogP contribution in [0, 0.1) is 0 Å². The molecule has 466 valence electrons. The van der Waals surface area contributed by atoms with Crippen LogP contribution >= 0.6 is 0 Å². The summed E-state index contributed by atoms with van der Waals surface area (Å²) in [6, 6.07) is 0. The first-order chi connectivity index (χ1) is 40.5. The Morgan fingerprint density at radius 2 is 0.488 bits per heavy atom. The molecule has 0 aromatic carbocycles. The summed E-state index contributed by atoms with van der Waals surface area (Å²) in [7, 11) is 0. The number of carbonyl (C=O) groups excluding carboxylic acids is 3. The molecule has 6 heteroatoms. The van der Waals surface area contributed by atoms with Crippen LogP contribution in [-0.4, -0.2) is 37.2 Å². The molecule has 0 fully saturated rings. The number of hydrogen-bond donors (Lipinski definition) is 0. The quantitative estimate of drug-likeness (QED) is 0.0261. The van der Waals surface area contributed by atoms with Crippen LogP contribution in [0.2, 0.25) is 0 Å². The second kappa shape index (κ2) is 69.0. The number of ether oxygens (including phenoxy) is 3. The normalized spacial score (nSPS) is 13.0. The standard InChI is InChI=1S/C76H126O6/c1-4-7-10-13-16-19-22-24-26-28-30-32-34-36-37-38-39-41-42-44-46-48-50-52-54-57-60-63-66-69-75(78)81-72-73(71-80-74(77)68-65-62-59-56-21-18-15-12-9-6-3)82-76(79)70-67-64-61-58-55-53-51-49-47-45-43-40-35-33-31-29-27-25-23-20-17-14-11-8-5-2/h7,10,16,19,23-26,29-32,36-37,39,41,44,46,50,52,57,60,73H,4-6,8-9,11-15,17-18,20-22,27-28,33-35,38,40,42-43,45,47-49,51,53-56,58-59,61-72H2,1-3H3/b10-7-,19-16-,25-23-,26-24-,31-29-,32-30-,37-36-,41-39-,46-44-,52-50-,60-57-. The van der Waals surface area contributed by atoms with E-state index < -0.39 is 6.10 Å². The van der Waals surface area contributed by atoms with E-state index in [-0.39, 0.29) is 37.5 Å². The Hall–Kier alpha value is -4.45. The minimum atomic E-state index is -0.805. The van der Waals surface area contributed by atoms with Crippen molar-refractivity contribution in [3.05, 3.63) is 134 Å². The molecule has 1 atom stereocenters. The van der Waals surface area contributed by atoms with Crippen molar-refractivity contribution in [3.8, 4) is 0 Å². The summed E-state index contributed by atoms with van der Waals surface area (Å²) in [5, 5.41) is 0. The molecule has 0 amide bonds. The maximum atomic E-state index is 12.9. The number of rotatable bonds is 61. The van der Waals surface area contributed by atoms with Gasteiger partial charge < -0.3 is 14.2 Å². The second-order valence-electron chi connectivity index (χ2n) is 22.4. The predicted octanol–water partition coefficient (Wildman–Crippen LogP) is 23.7. The van der Waals surface area contributed by atoms with Crippen LogP contribution in [-0.2, 0) is 28.6 Å². The van der Waals surface area contributed by atoms with E-state index in [9.17, 15) is 14.4 Å². The van der Waals surface area contributed by atoms with Crippen LogP contribution in [0.25, 0.3) is 0 Å². The molecule has 0 spiro atoms. The van der Waals surface area contributed by atoms with Crippen molar-refractivity contribution < 1.29 is 28.6 Å². The Bertz CT molecular complexity index is 1730. The molecule has 0 saturated heterocycles.